The summed E-state index contributed by atoms with van der Waals surface area (Å²) in [4.78, 5) is 14.2. The molecule has 0 spiro atoms. The number of nitrogens with one attached hydrogen (secondary N) is 1. The third kappa shape index (κ3) is 6.42. The second-order valence-electron chi connectivity index (χ2n) is 8.12. The van der Waals surface area contributed by atoms with Crippen molar-refractivity contribution in [2.24, 2.45) is 11.6 Å². The number of hydrogen-bond donors (Lipinski definition) is 3. The van der Waals surface area contributed by atoms with Crippen LogP contribution in [0.3, 0.4) is 0 Å². The lowest BCUT2D eigenvalue weighted by Gasteiger charge is -2.35. The highest BCUT2D eigenvalue weighted by Gasteiger charge is 2.24. The molecule has 0 atom stereocenters. The normalized spacial score (nSPS) is 16.5. The zero-order valence-corrected chi connectivity index (χ0v) is 20.3. The fraction of sp³-hybridized carbons (Fsp3) is 0.320. The summed E-state index contributed by atoms with van der Waals surface area (Å²) in [6, 6.07) is 1.39. The summed E-state index contributed by atoms with van der Waals surface area (Å²) in [5, 5.41) is 4.45. The molecule has 186 valence electrons. The van der Waals surface area contributed by atoms with E-state index in [4.69, 9.17) is 11.6 Å². The van der Waals surface area contributed by atoms with Crippen molar-refractivity contribution in [1.29, 1.82) is 0 Å². The van der Waals surface area contributed by atoms with Gasteiger partial charge in [0.1, 0.15) is 17.8 Å². The largest absolute Gasteiger partial charge is 0.403 e. The minimum atomic E-state index is -0.601. The molecule has 0 radical (unpaired) electrons. The van der Waals surface area contributed by atoms with Crippen LogP contribution in [0, 0.1) is 11.6 Å². The highest BCUT2D eigenvalue weighted by Crippen LogP contribution is 2.25. The molecule has 2 aromatic rings. The Kier molecular flexibility index (Phi) is 8.91. The number of anilines is 2. The van der Waals surface area contributed by atoms with Crippen molar-refractivity contribution in [2.45, 2.75) is 33.7 Å². The Balaban J connectivity index is 1.76. The van der Waals surface area contributed by atoms with Crippen LogP contribution in [0.25, 0.3) is 5.57 Å². The number of hydrazine groups is 1. The second-order valence-corrected chi connectivity index (χ2v) is 8.12. The van der Waals surface area contributed by atoms with E-state index < -0.39 is 11.6 Å². The van der Waals surface area contributed by atoms with Crippen LogP contribution in [-0.2, 0) is 6.54 Å². The first kappa shape index (κ1) is 25.8. The summed E-state index contributed by atoms with van der Waals surface area (Å²) in [5.41, 5.74) is 8.80. The molecule has 2 aromatic heterocycles. The predicted molar refractivity (Wildman–Crippen MR) is 136 cm³/mol. The Hall–Kier alpha value is -3.79. The maximum Gasteiger partial charge on any atom is 0.207 e. The predicted octanol–water partition coefficient (Wildman–Crippen LogP) is 3.87. The van der Waals surface area contributed by atoms with E-state index in [1.807, 2.05) is 39.0 Å². The zero-order chi connectivity index (χ0) is 25.4. The quantitative estimate of drug-likeness (QED) is 0.384. The van der Waals surface area contributed by atoms with Crippen LogP contribution in [0.4, 0.5) is 20.4 Å². The number of aromatic nitrogens is 3. The molecule has 0 aliphatic carbocycles. The molecular weight excluding hydrogens is 450 g/mol. The van der Waals surface area contributed by atoms with Crippen molar-refractivity contribution >= 4 is 17.2 Å². The van der Waals surface area contributed by atoms with Gasteiger partial charge in [0.05, 0.1) is 18.8 Å². The minimum Gasteiger partial charge on any atom is -0.403 e. The number of nitrogens with zero attached hydrogens (tertiary/aromatic N) is 5. The van der Waals surface area contributed by atoms with E-state index in [-0.39, 0.29) is 23.9 Å². The molecule has 0 unspecified atom stereocenters. The Morgan fingerprint density at radius 1 is 1.23 bits per heavy atom. The van der Waals surface area contributed by atoms with Crippen molar-refractivity contribution in [3.63, 3.8) is 0 Å². The van der Waals surface area contributed by atoms with E-state index in [0.717, 1.165) is 12.0 Å². The standard InChI is InChI=1S/C25H32F2N8/c1-4-6-17(3)10-19(7-5-2)23-21(26)11-18(13-30-23)14-31-24-22(27)25(33-16-32-24)34-8-9-35(29)20(12-28)15-34/h5-7,10-13,16H,4,8-9,14-15,28-29H2,1-3H3,(H,31,32,33)/b7-5-,17-6+,19-10+,20-12-. The SMILES string of the molecule is C\C=C/C(=C\C(C)=C\CC)c1ncc(CNc2ncnc(N3CCN(N)/C(=C\N)C3)c2F)cc1F. The third-order valence-corrected chi connectivity index (χ3v) is 5.48. The van der Waals surface area contributed by atoms with Gasteiger partial charge in [0.25, 0.3) is 0 Å². The van der Waals surface area contributed by atoms with Gasteiger partial charge < -0.3 is 21.0 Å². The van der Waals surface area contributed by atoms with E-state index in [1.165, 1.54) is 23.6 Å². The van der Waals surface area contributed by atoms with Crippen LogP contribution in [0.15, 0.2) is 60.4 Å². The van der Waals surface area contributed by atoms with Gasteiger partial charge >= 0.3 is 0 Å². The van der Waals surface area contributed by atoms with Gasteiger partial charge in [-0.15, -0.1) is 0 Å². The third-order valence-electron chi connectivity index (χ3n) is 5.48. The van der Waals surface area contributed by atoms with Crippen molar-refractivity contribution < 1.29 is 8.78 Å². The van der Waals surface area contributed by atoms with E-state index >= 15 is 4.39 Å². The maximum atomic E-state index is 15.2. The molecule has 3 heterocycles. The van der Waals surface area contributed by atoms with Crippen LogP contribution in [0.2, 0.25) is 0 Å². The van der Waals surface area contributed by atoms with E-state index in [9.17, 15) is 4.39 Å². The second kappa shape index (κ2) is 12.1. The molecule has 10 heteroatoms. The highest BCUT2D eigenvalue weighted by atomic mass is 19.1. The van der Waals surface area contributed by atoms with E-state index in [0.29, 0.717) is 36.5 Å². The molecule has 5 N–H and O–H groups in total. The van der Waals surface area contributed by atoms with Crippen LogP contribution >= 0.6 is 0 Å². The molecule has 0 bridgehead atoms. The molecule has 1 fully saturated rings. The van der Waals surface area contributed by atoms with Crippen molar-refractivity contribution in [3.05, 3.63) is 83.3 Å². The summed E-state index contributed by atoms with van der Waals surface area (Å²) >= 11 is 0. The molecule has 0 amide bonds. The molecule has 8 nitrogen and oxygen atoms in total. The molecule has 1 aliphatic rings. The number of pyridine rings is 1. The Labute approximate surface area is 204 Å². The van der Waals surface area contributed by atoms with Crippen molar-refractivity contribution in [3.8, 4) is 0 Å². The monoisotopic (exact) mass is 482 g/mol. The summed E-state index contributed by atoms with van der Waals surface area (Å²) in [6.45, 7) is 7.31. The first-order valence-corrected chi connectivity index (χ1v) is 11.5. The molecule has 1 aliphatic heterocycles. The first-order chi connectivity index (χ1) is 16.9. The van der Waals surface area contributed by atoms with Gasteiger partial charge in [-0.2, -0.15) is 4.39 Å². The van der Waals surface area contributed by atoms with Crippen LogP contribution in [0.1, 0.15) is 38.4 Å². The Morgan fingerprint density at radius 2 is 2.03 bits per heavy atom. The molecule has 3 rings (SSSR count). The number of hydrogen-bond acceptors (Lipinski definition) is 8. The van der Waals surface area contributed by atoms with Gasteiger partial charge in [-0.3, -0.25) is 4.98 Å². The number of piperazine rings is 1. The summed E-state index contributed by atoms with van der Waals surface area (Å²) in [5.74, 6) is 4.98. The number of nitrogens with two attached hydrogens (primary N) is 2. The van der Waals surface area contributed by atoms with Gasteiger partial charge in [0.15, 0.2) is 11.6 Å². The van der Waals surface area contributed by atoms with E-state index in [1.54, 1.807) is 11.1 Å². The maximum absolute atomic E-state index is 15.2. The number of halogens is 2. The Morgan fingerprint density at radius 3 is 2.71 bits per heavy atom. The smallest absolute Gasteiger partial charge is 0.207 e. The summed E-state index contributed by atoms with van der Waals surface area (Å²) in [6.07, 6.45) is 12.8. The summed E-state index contributed by atoms with van der Waals surface area (Å²) in [7, 11) is 0. The fourth-order valence-electron chi connectivity index (χ4n) is 3.74. The molecule has 0 aromatic carbocycles. The lowest BCUT2D eigenvalue weighted by Crippen LogP contribution is -2.48. The Bertz CT molecular complexity index is 1160. The number of allylic oxidation sites excluding steroid dienone is 6. The number of rotatable bonds is 8. The van der Waals surface area contributed by atoms with Gasteiger partial charge in [0, 0.05) is 31.1 Å². The fourth-order valence-corrected chi connectivity index (χ4v) is 3.74. The van der Waals surface area contributed by atoms with Gasteiger partial charge in [-0.05, 0) is 31.9 Å². The van der Waals surface area contributed by atoms with Gasteiger partial charge in [0.2, 0.25) is 5.82 Å². The molecular formula is C25H32F2N8. The first-order valence-electron chi connectivity index (χ1n) is 11.5. The minimum absolute atomic E-state index is 0.0165. The molecule has 1 saturated heterocycles. The van der Waals surface area contributed by atoms with Gasteiger partial charge in [-0.25, -0.2) is 20.2 Å². The molecule has 0 saturated carbocycles. The summed E-state index contributed by atoms with van der Waals surface area (Å²) < 4.78 is 30.1. The highest BCUT2D eigenvalue weighted by molar-refractivity contribution is 5.74. The van der Waals surface area contributed by atoms with Crippen molar-refractivity contribution in [2.75, 3.05) is 29.9 Å². The van der Waals surface area contributed by atoms with Crippen molar-refractivity contribution in [1.82, 2.24) is 20.0 Å². The average molecular weight is 483 g/mol. The van der Waals surface area contributed by atoms with Crippen LogP contribution in [0.5, 0.6) is 0 Å². The van der Waals surface area contributed by atoms with Crippen LogP contribution in [-0.4, -0.2) is 39.6 Å². The van der Waals surface area contributed by atoms with Gasteiger partial charge in [-0.1, -0.05) is 36.8 Å². The lowest BCUT2D eigenvalue weighted by molar-refractivity contribution is 0.327. The molecule has 35 heavy (non-hydrogen) atoms. The topological polar surface area (TPSA) is 109 Å². The van der Waals surface area contributed by atoms with E-state index in [2.05, 4.69) is 26.3 Å². The zero-order valence-electron chi connectivity index (χ0n) is 20.3. The lowest BCUT2D eigenvalue weighted by atomic mass is 10.1. The average Bonchev–Trinajstić information content (AvgIpc) is 2.84. The van der Waals surface area contributed by atoms with Crippen LogP contribution < -0.4 is 21.8 Å².